The first-order valence-corrected chi connectivity index (χ1v) is 14.6. The molecule has 5 rings (SSSR count). The van der Waals surface area contributed by atoms with E-state index in [-0.39, 0.29) is 52.0 Å². The van der Waals surface area contributed by atoms with Crippen LogP contribution in [0.3, 0.4) is 0 Å². The molecule has 5 aliphatic rings. The number of ketones is 1. The van der Waals surface area contributed by atoms with E-state index in [0.717, 1.165) is 25.7 Å². The molecule has 0 amide bonds. The highest BCUT2D eigenvalue weighted by molar-refractivity contribution is 5.95. The molecule has 2 saturated carbocycles. The van der Waals surface area contributed by atoms with Crippen LogP contribution in [0, 0.1) is 45.3 Å². The van der Waals surface area contributed by atoms with Crippen molar-refractivity contribution >= 4 is 11.8 Å². The van der Waals surface area contributed by atoms with E-state index in [1.54, 1.807) is 13.8 Å². The molecule has 3 fully saturated rings. The van der Waals surface area contributed by atoms with Crippen molar-refractivity contribution in [3.05, 3.63) is 23.8 Å². The van der Waals surface area contributed by atoms with E-state index >= 15 is 0 Å². The Kier molecular flexibility index (Phi) is 6.46. The number of aliphatic hydroxyl groups excluding tert-OH is 1. The van der Waals surface area contributed by atoms with Crippen LogP contribution in [0.5, 0.6) is 0 Å². The predicted octanol–water partition coefficient (Wildman–Crippen LogP) is 5.02. The third-order valence-corrected chi connectivity index (χ3v) is 12.0. The number of carbonyl (C=O) groups is 2. The zero-order valence-electron chi connectivity index (χ0n) is 24.5. The van der Waals surface area contributed by atoms with Crippen LogP contribution in [-0.4, -0.2) is 52.5 Å². The fourth-order valence-corrected chi connectivity index (χ4v) is 10.0. The van der Waals surface area contributed by atoms with Crippen LogP contribution in [0.2, 0.25) is 0 Å². The quantitative estimate of drug-likeness (QED) is 0.393. The molecule has 6 nitrogen and oxygen atoms in total. The van der Waals surface area contributed by atoms with Crippen molar-refractivity contribution in [1.82, 2.24) is 0 Å². The van der Waals surface area contributed by atoms with E-state index in [4.69, 9.17) is 9.47 Å². The highest BCUT2D eigenvalue weighted by atomic mass is 16.5. The minimum absolute atomic E-state index is 0.0564. The van der Waals surface area contributed by atoms with Crippen molar-refractivity contribution in [3.8, 4) is 0 Å². The van der Waals surface area contributed by atoms with Crippen LogP contribution in [0.25, 0.3) is 0 Å². The second-order valence-electron chi connectivity index (χ2n) is 14.9. The molecule has 0 bridgehead atoms. The topological polar surface area (TPSA) is 93.1 Å². The zero-order valence-corrected chi connectivity index (χ0v) is 24.5. The lowest BCUT2D eigenvalue weighted by molar-refractivity contribution is -0.188. The van der Waals surface area contributed by atoms with E-state index < -0.39 is 17.1 Å². The van der Waals surface area contributed by atoms with Gasteiger partial charge in [0.05, 0.1) is 18.3 Å². The molecule has 4 aliphatic carbocycles. The van der Waals surface area contributed by atoms with Crippen molar-refractivity contribution in [2.75, 3.05) is 6.61 Å². The molecule has 38 heavy (non-hydrogen) atoms. The van der Waals surface area contributed by atoms with Crippen LogP contribution in [0.4, 0.5) is 0 Å². The maximum atomic E-state index is 13.0. The Morgan fingerprint density at radius 2 is 1.84 bits per heavy atom. The highest BCUT2D eigenvalue weighted by Gasteiger charge is 2.69. The molecule has 0 radical (unpaired) electrons. The Hall–Kier alpha value is -1.50. The lowest BCUT2D eigenvalue weighted by atomic mass is 9.38. The van der Waals surface area contributed by atoms with Gasteiger partial charge >= 0.3 is 5.97 Å². The first-order valence-electron chi connectivity index (χ1n) is 14.6. The highest BCUT2D eigenvalue weighted by Crippen LogP contribution is 2.72. The molecule has 1 saturated heterocycles. The molecule has 10 atom stereocenters. The molecular formula is C32H48O6. The van der Waals surface area contributed by atoms with E-state index in [1.165, 1.54) is 12.5 Å². The summed E-state index contributed by atoms with van der Waals surface area (Å²) in [4.78, 5) is 25.4. The summed E-state index contributed by atoms with van der Waals surface area (Å²) in [5.41, 5.74) is -0.853. The number of fused-ring (bicyclic) bond motifs is 5. The SMILES string of the molecule is CC(=O)O[C@@H]1C[C@H]2C(C)(C)C(=O)C=C[C@]2(C)[C@H]2CC[C@]3(C)C(=CC[C@H]3[C@@H]3CO[C@@H]([C@H](O)C(C)(C)O)C3)[C@@]21C. The molecule has 0 aromatic heterocycles. The van der Waals surface area contributed by atoms with Crippen LogP contribution in [-0.2, 0) is 19.1 Å². The zero-order chi connectivity index (χ0) is 28.1. The predicted molar refractivity (Wildman–Crippen MR) is 145 cm³/mol. The molecule has 2 N–H and O–H groups in total. The molecule has 6 heteroatoms. The number of aliphatic hydroxyl groups is 2. The molecule has 0 aromatic rings. The van der Waals surface area contributed by atoms with Crippen molar-refractivity contribution in [1.29, 1.82) is 0 Å². The summed E-state index contributed by atoms with van der Waals surface area (Å²) in [5.74, 6) is 0.923. The summed E-state index contributed by atoms with van der Waals surface area (Å²) in [7, 11) is 0. The van der Waals surface area contributed by atoms with Gasteiger partial charge in [0.1, 0.15) is 12.2 Å². The van der Waals surface area contributed by atoms with Crippen molar-refractivity contribution in [3.63, 3.8) is 0 Å². The first-order chi connectivity index (χ1) is 17.5. The Morgan fingerprint density at radius 1 is 1.16 bits per heavy atom. The van der Waals surface area contributed by atoms with Gasteiger partial charge < -0.3 is 19.7 Å². The minimum atomic E-state index is -1.21. The average Bonchev–Trinajstić information content (AvgIpc) is 3.41. The molecule has 0 unspecified atom stereocenters. The van der Waals surface area contributed by atoms with Crippen LogP contribution < -0.4 is 0 Å². The number of ether oxygens (including phenoxy) is 2. The van der Waals surface area contributed by atoms with Crippen LogP contribution in [0.15, 0.2) is 23.8 Å². The summed E-state index contributed by atoms with van der Waals surface area (Å²) in [5, 5.41) is 21.1. The van der Waals surface area contributed by atoms with E-state index in [2.05, 4.69) is 46.8 Å². The van der Waals surface area contributed by atoms with Gasteiger partial charge in [-0.3, -0.25) is 9.59 Å². The van der Waals surface area contributed by atoms with Gasteiger partial charge in [-0.05, 0) is 86.5 Å². The summed E-state index contributed by atoms with van der Waals surface area (Å²) in [6.07, 6.45) is 9.25. The van der Waals surface area contributed by atoms with Gasteiger partial charge in [-0.15, -0.1) is 0 Å². The third-order valence-electron chi connectivity index (χ3n) is 12.0. The van der Waals surface area contributed by atoms with E-state index in [9.17, 15) is 19.8 Å². The van der Waals surface area contributed by atoms with Crippen LogP contribution >= 0.6 is 0 Å². The average molecular weight is 529 g/mol. The van der Waals surface area contributed by atoms with Crippen molar-refractivity contribution < 1.29 is 29.3 Å². The third kappa shape index (κ3) is 3.83. The summed E-state index contributed by atoms with van der Waals surface area (Å²) >= 11 is 0. The fourth-order valence-electron chi connectivity index (χ4n) is 10.0. The number of carbonyl (C=O) groups excluding carboxylic acids is 2. The molecule has 1 heterocycles. The lowest BCUT2D eigenvalue weighted by Gasteiger charge is -2.66. The van der Waals surface area contributed by atoms with Gasteiger partial charge in [-0.1, -0.05) is 52.3 Å². The Labute approximate surface area is 228 Å². The van der Waals surface area contributed by atoms with Gasteiger partial charge in [0.2, 0.25) is 0 Å². The largest absolute Gasteiger partial charge is 0.462 e. The summed E-state index contributed by atoms with van der Waals surface area (Å²) in [6.45, 7) is 16.5. The minimum Gasteiger partial charge on any atom is -0.462 e. The molecule has 1 aliphatic heterocycles. The molecule has 0 aromatic carbocycles. The van der Waals surface area contributed by atoms with Gasteiger partial charge in [-0.25, -0.2) is 0 Å². The Morgan fingerprint density at radius 3 is 2.47 bits per heavy atom. The summed E-state index contributed by atoms with van der Waals surface area (Å²) < 4.78 is 12.3. The monoisotopic (exact) mass is 528 g/mol. The maximum Gasteiger partial charge on any atom is 0.302 e. The Bertz CT molecular complexity index is 1070. The lowest BCUT2D eigenvalue weighted by Crippen LogP contribution is -2.64. The van der Waals surface area contributed by atoms with E-state index in [1.807, 2.05) is 6.08 Å². The maximum absolute atomic E-state index is 13.0. The van der Waals surface area contributed by atoms with Gasteiger partial charge in [0.25, 0.3) is 0 Å². The number of allylic oxidation sites excluding steroid dienone is 3. The molecule has 0 spiro atoms. The number of esters is 1. The number of hydrogen-bond donors (Lipinski definition) is 2. The number of rotatable bonds is 4. The summed E-state index contributed by atoms with van der Waals surface area (Å²) in [6, 6.07) is 0. The molecular weight excluding hydrogens is 480 g/mol. The van der Waals surface area contributed by atoms with Gasteiger partial charge in [0.15, 0.2) is 5.78 Å². The Balaban J connectivity index is 1.50. The normalized spacial score (nSPS) is 46.6. The van der Waals surface area contributed by atoms with Gasteiger partial charge in [-0.2, -0.15) is 0 Å². The molecule has 212 valence electrons. The van der Waals surface area contributed by atoms with Crippen LogP contribution in [0.1, 0.15) is 87.5 Å². The van der Waals surface area contributed by atoms with Crippen molar-refractivity contribution in [2.24, 2.45) is 45.3 Å². The first kappa shape index (κ1) is 28.0. The smallest absolute Gasteiger partial charge is 0.302 e. The van der Waals surface area contributed by atoms with E-state index in [0.29, 0.717) is 24.9 Å². The van der Waals surface area contributed by atoms with Gasteiger partial charge in [0, 0.05) is 17.8 Å². The number of hydrogen-bond acceptors (Lipinski definition) is 6. The second-order valence-corrected chi connectivity index (χ2v) is 14.9. The second kappa shape index (κ2) is 8.75. The van der Waals surface area contributed by atoms with Crippen molar-refractivity contribution in [2.45, 2.75) is 111 Å². The fraction of sp³-hybridized carbons (Fsp3) is 0.812. The standard InChI is InChI=1S/C32H48O6/c1-18(33)38-26-16-24-28(2,3)25(34)12-14-31(24,7)23-11-13-30(6)20(9-10-22(30)32(23,26)8)19-15-21(37-17-19)27(35)29(4,5)36/h10,12,14,19-21,23-24,26-27,35-36H,9,11,13,15-17H2,1-8H3/t19-,20-,21+,23+,24-,26+,27-,30-,31+,32-/m0/s1.